The Kier molecular flexibility index (Phi) is 1.53. The lowest BCUT2D eigenvalue weighted by Gasteiger charge is -2.34. The van der Waals surface area contributed by atoms with Gasteiger partial charge in [0.05, 0.1) is 13.2 Å². The number of rotatable bonds is 0. The van der Waals surface area contributed by atoms with Crippen molar-refractivity contribution in [3.63, 3.8) is 0 Å². The molecule has 1 unspecified atom stereocenters. The van der Waals surface area contributed by atoms with Gasteiger partial charge in [0.25, 0.3) is 0 Å². The molecule has 0 saturated carbocycles. The van der Waals surface area contributed by atoms with Crippen LogP contribution in [0.1, 0.15) is 12.8 Å². The molecule has 0 aromatic carbocycles. The van der Waals surface area contributed by atoms with E-state index < -0.39 is 0 Å². The van der Waals surface area contributed by atoms with Crippen molar-refractivity contribution in [3.8, 4) is 0 Å². The van der Waals surface area contributed by atoms with E-state index >= 15 is 0 Å². The van der Waals surface area contributed by atoms with Gasteiger partial charge in [-0.15, -0.1) is 0 Å². The number of ether oxygens (including phenoxy) is 1. The predicted molar refractivity (Wildman–Crippen MR) is 44.6 cm³/mol. The Morgan fingerprint density at radius 2 is 2.44 bits per heavy atom. The summed E-state index contributed by atoms with van der Waals surface area (Å²) in [5.41, 5.74) is 1.68. The zero-order valence-electron chi connectivity index (χ0n) is 5.19. The predicted octanol–water partition coefficient (Wildman–Crippen LogP) is 2.12. The van der Waals surface area contributed by atoms with Gasteiger partial charge in [-0.1, -0.05) is 5.57 Å². The van der Waals surface area contributed by atoms with E-state index in [-0.39, 0.29) is 0 Å². The first-order valence-electron chi connectivity index (χ1n) is 3.33. The van der Waals surface area contributed by atoms with Crippen LogP contribution in [0.3, 0.4) is 0 Å². The Hall–Kier alpha value is 0.430. The van der Waals surface area contributed by atoms with Crippen LogP contribution in [0.25, 0.3) is 0 Å². The minimum absolute atomic E-state index is 0.811. The van der Waals surface area contributed by atoms with Gasteiger partial charge >= 0.3 is 0 Å². The second-order valence-corrected chi connectivity index (χ2v) is 3.96. The molecule has 0 amide bonds. The van der Waals surface area contributed by atoms with E-state index in [9.17, 15) is 0 Å². The molecule has 0 aromatic rings. The van der Waals surface area contributed by atoms with Crippen LogP contribution in [0.5, 0.6) is 0 Å². The fourth-order valence-corrected chi connectivity index (χ4v) is 2.71. The molecule has 1 nitrogen and oxygen atoms in total. The third-order valence-electron chi connectivity index (χ3n) is 2.10. The lowest BCUT2D eigenvalue weighted by atomic mass is 9.82. The zero-order valence-corrected chi connectivity index (χ0v) is 7.35. The minimum Gasteiger partial charge on any atom is -0.380 e. The highest BCUT2D eigenvalue weighted by molar-refractivity contribution is 14.1. The molecule has 0 N–H and O–H groups in total. The molecule has 50 valence electrons. The molecule has 0 bridgehead atoms. The summed E-state index contributed by atoms with van der Waals surface area (Å²) in [6, 6.07) is 0. The van der Waals surface area contributed by atoms with Crippen molar-refractivity contribution in [2.75, 3.05) is 13.2 Å². The van der Waals surface area contributed by atoms with Crippen molar-refractivity contribution >= 4 is 22.6 Å². The summed E-state index contributed by atoms with van der Waals surface area (Å²) in [7, 11) is 0. The average molecular weight is 236 g/mol. The van der Waals surface area contributed by atoms with Crippen LogP contribution >= 0.6 is 22.6 Å². The lowest BCUT2D eigenvalue weighted by molar-refractivity contribution is 0.0759. The van der Waals surface area contributed by atoms with Gasteiger partial charge in [-0.2, -0.15) is 0 Å². The summed E-state index contributed by atoms with van der Waals surface area (Å²) >= 11 is 2.45. The highest BCUT2D eigenvalue weighted by atomic mass is 127. The molecule has 2 heteroatoms. The van der Waals surface area contributed by atoms with Crippen LogP contribution in [0.4, 0.5) is 0 Å². The fraction of sp³-hybridized carbons (Fsp3) is 0.714. The van der Waals surface area contributed by atoms with Gasteiger partial charge in [-0.25, -0.2) is 0 Å². The zero-order chi connectivity index (χ0) is 6.27. The summed E-state index contributed by atoms with van der Waals surface area (Å²) in [5.74, 6) is 0.811. The largest absolute Gasteiger partial charge is 0.380 e. The molecule has 2 aliphatic rings. The molecule has 1 fully saturated rings. The van der Waals surface area contributed by atoms with Gasteiger partial charge in [0.2, 0.25) is 0 Å². The molecule has 0 radical (unpaired) electrons. The fourth-order valence-electron chi connectivity index (χ4n) is 1.47. The monoisotopic (exact) mass is 236 g/mol. The van der Waals surface area contributed by atoms with Crippen LogP contribution in [-0.2, 0) is 4.74 Å². The van der Waals surface area contributed by atoms with E-state index in [0.29, 0.717) is 0 Å². The Bertz CT molecular complexity index is 162. The molecular formula is C7H9IO. The second kappa shape index (κ2) is 2.23. The normalized spacial score (nSPS) is 33.7. The van der Waals surface area contributed by atoms with Gasteiger partial charge in [-0.05, 0) is 39.0 Å². The van der Waals surface area contributed by atoms with E-state index in [2.05, 4.69) is 22.6 Å². The highest BCUT2D eigenvalue weighted by Gasteiger charge is 2.30. The van der Waals surface area contributed by atoms with Crippen molar-refractivity contribution in [2.45, 2.75) is 12.8 Å². The van der Waals surface area contributed by atoms with E-state index in [4.69, 9.17) is 4.74 Å². The first kappa shape index (κ1) is 6.16. The minimum atomic E-state index is 0.811. The Morgan fingerprint density at radius 1 is 1.56 bits per heavy atom. The van der Waals surface area contributed by atoms with Crippen molar-refractivity contribution in [3.05, 3.63) is 9.15 Å². The highest BCUT2D eigenvalue weighted by Crippen LogP contribution is 2.42. The number of hydrogen-bond acceptors (Lipinski definition) is 1. The standard InChI is InChI=1S/C7H9IO/c8-7-3-5-4-9-2-1-6(5)7/h5H,1-4H2. The van der Waals surface area contributed by atoms with Gasteiger partial charge < -0.3 is 4.74 Å². The first-order valence-corrected chi connectivity index (χ1v) is 4.41. The number of fused-ring (bicyclic) bond motifs is 1. The lowest BCUT2D eigenvalue weighted by Crippen LogP contribution is -2.27. The summed E-state index contributed by atoms with van der Waals surface area (Å²) in [5, 5.41) is 0. The van der Waals surface area contributed by atoms with E-state index in [1.807, 2.05) is 0 Å². The van der Waals surface area contributed by atoms with E-state index in [1.165, 1.54) is 12.8 Å². The summed E-state index contributed by atoms with van der Waals surface area (Å²) < 4.78 is 6.91. The maximum atomic E-state index is 5.31. The quantitative estimate of drug-likeness (QED) is 0.585. The summed E-state index contributed by atoms with van der Waals surface area (Å²) in [4.78, 5) is 0. The molecular weight excluding hydrogens is 227 g/mol. The van der Waals surface area contributed by atoms with Crippen LogP contribution in [0.15, 0.2) is 9.15 Å². The maximum Gasteiger partial charge on any atom is 0.0535 e. The SMILES string of the molecule is IC1=C2CCOCC2C1. The second-order valence-electron chi connectivity index (χ2n) is 2.66. The molecule has 0 aromatic heterocycles. The van der Waals surface area contributed by atoms with Gasteiger partial charge in [0.15, 0.2) is 0 Å². The average Bonchev–Trinajstić information content (AvgIpc) is 1.86. The third kappa shape index (κ3) is 0.923. The first-order chi connectivity index (χ1) is 4.38. The third-order valence-corrected chi connectivity index (χ3v) is 3.23. The molecule has 0 spiro atoms. The van der Waals surface area contributed by atoms with Crippen molar-refractivity contribution in [2.24, 2.45) is 5.92 Å². The number of hydrogen-bond donors (Lipinski definition) is 0. The van der Waals surface area contributed by atoms with Crippen LogP contribution in [0.2, 0.25) is 0 Å². The molecule has 1 aliphatic carbocycles. The Morgan fingerprint density at radius 3 is 3.00 bits per heavy atom. The van der Waals surface area contributed by atoms with Crippen LogP contribution in [-0.4, -0.2) is 13.2 Å². The van der Waals surface area contributed by atoms with Gasteiger partial charge in [0.1, 0.15) is 0 Å². The summed E-state index contributed by atoms with van der Waals surface area (Å²) in [6.07, 6.45) is 2.48. The number of allylic oxidation sites excluding steroid dienone is 1. The van der Waals surface area contributed by atoms with Crippen LogP contribution in [0, 0.1) is 5.92 Å². The molecule has 1 aliphatic heterocycles. The Balaban J connectivity index is 2.14. The molecule has 1 saturated heterocycles. The molecule has 9 heavy (non-hydrogen) atoms. The summed E-state index contributed by atoms with van der Waals surface area (Å²) in [6.45, 7) is 1.94. The molecule has 1 atom stereocenters. The molecule has 2 rings (SSSR count). The molecule has 1 heterocycles. The topological polar surface area (TPSA) is 9.23 Å². The smallest absolute Gasteiger partial charge is 0.0535 e. The van der Waals surface area contributed by atoms with Gasteiger partial charge in [0, 0.05) is 5.92 Å². The van der Waals surface area contributed by atoms with Crippen molar-refractivity contribution in [1.29, 1.82) is 0 Å². The van der Waals surface area contributed by atoms with Crippen molar-refractivity contribution in [1.82, 2.24) is 0 Å². The number of halogens is 1. The van der Waals surface area contributed by atoms with E-state index in [1.54, 1.807) is 9.15 Å². The van der Waals surface area contributed by atoms with Gasteiger partial charge in [-0.3, -0.25) is 0 Å². The van der Waals surface area contributed by atoms with Crippen LogP contribution < -0.4 is 0 Å². The van der Waals surface area contributed by atoms with E-state index in [0.717, 1.165) is 19.1 Å². The maximum absolute atomic E-state index is 5.31. The Labute approximate surface area is 68.6 Å². The van der Waals surface area contributed by atoms with Crippen molar-refractivity contribution < 1.29 is 4.74 Å².